The molecule has 3 rings (SSSR count). The van der Waals surface area contributed by atoms with E-state index in [4.69, 9.17) is 5.73 Å². The van der Waals surface area contributed by atoms with Crippen LogP contribution >= 0.6 is 22.7 Å². The van der Waals surface area contributed by atoms with E-state index < -0.39 is 11.9 Å². The molecule has 0 saturated carbocycles. The van der Waals surface area contributed by atoms with E-state index in [1.54, 1.807) is 11.3 Å². The second kappa shape index (κ2) is 7.68. The highest BCUT2D eigenvalue weighted by atomic mass is 32.1. The number of anilines is 1. The largest absolute Gasteiger partial charge is 0.368 e. The van der Waals surface area contributed by atoms with Crippen molar-refractivity contribution in [2.24, 2.45) is 5.73 Å². The highest BCUT2D eigenvalue weighted by Crippen LogP contribution is 2.34. The number of aryl methyl sites for hydroxylation is 1. The number of carbonyl (C=O) groups is 2. The molecule has 1 atom stereocenters. The fraction of sp³-hybridized carbons (Fsp3) is 0.500. The Morgan fingerprint density at radius 1 is 1.42 bits per heavy atom. The first-order chi connectivity index (χ1) is 12.3. The van der Waals surface area contributed by atoms with Gasteiger partial charge in [0.2, 0.25) is 5.91 Å². The summed E-state index contributed by atoms with van der Waals surface area (Å²) in [6.07, 6.45) is 1.38. The Balaban J connectivity index is 1.73. The van der Waals surface area contributed by atoms with Crippen molar-refractivity contribution in [3.63, 3.8) is 0 Å². The molecule has 3 amide bonds. The minimum atomic E-state index is -0.539. The molecular weight excluding hydrogens is 372 g/mol. The van der Waals surface area contributed by atoms with Crippen molar-refractivity contribution in [3.8, 4) is 10.6 Å². The molecule has 0 aliphatic carbocycles. The number of amides is 3. The van der Waals surface area contributed by atoms with Crippen LogP contribution in [-0.4, -0.2) is 58.4 Å². The lowest BCUT2D eigenvalue weighted by Gasteiger charge is -2.21. The van der Waals surface area contributed by atoms with Gasteiger partial charge in [0.25, 0.3) is 0 Å². The average Bonchev–Trinajstić information content (AvgIpc) is 3.26. The zero-order valence-corrected chi connectivity index (χ0v) is 16.6. The summed E-state index contributed by atoms with van der Waals surface area (Å²) < 4.78 is 0. The summed E-state index contributed by atoms with van der Waals surface area (Å²) in [5.41, 5.74) is 7.07. The molecule has 1 saturated heterocycles. The maximum atomic E-state index is 12.5. The number of nitrogens with one attached hydrogen (secondary N) is 1. The SMILES string of the molecule is Cc1nc(NC(=O)N2CCC[C@H]2C(N)=O)sc1-c1csc(CN(C)C)n1. The van der Waals surface area contributed by atoms with Gasteiger partial charge in [-0.15, -0.1) is 11.3 Å². The number of thiazole rings is 2. The normalized spacial score (nSPS) is 17.1. The van der Waals surface area contributed by atoms with Crippen molar-refractivity contribution >= 4 is 39.7 Å². The molecule has 26 heavy (non-hydrogen) atoms. The Labute approximate surface area is 160 Å². The van der Waals surface area contributed by atoms with E-state index in [1.165, 1.54) is 16.2 Å². The molecule has 0 radical (unpaired) electrons. The summed E-state index contributed by atoms with van der Waals surface area (Å²) in [6.45, 7) is 3.21. The highest BCUT2D eigenvalue weighted by Gasteiger charge is 2.33. The number of carbonyl (C=O) groups excluding carboxylic acids is 2. The van der Waals surface area contributed by atoms with Crippen LogP contribution in [0.4, 0.5) is 9.93 Å². The van der Waals surface area contributed by atoms with Crippen molar-refractivity contribution in [1.82, 2.24) is 19.8 Å². The standard InChI is InChI=1S/C16H22N6O2S2/c1-9-13(10-8-25-12(19-10)7-21(2)3)26-15(18-9)20-16(24)22-6-4-5-11(22)14(17)23/h8,11H,4-7H2,1-3H3,(H2,17,23)(H,18,20,24)/t11-/m0/s1. The molecule has 1 fully saturated rings. The zero-order chi connectivity index (χ0) is 18.8. The molecule has 2 aromatic heterocycles. The summed E-state index contributed by atoms with van der Waals surface area (Å²) in [7, 11) is 4.01. The number of hydrogen-bond acceptors (Lipinski definition) is 7. The number of likely N-dealkylation sites (tertiary alicyclic amines) is 1. The Morgan fingerprint density at radius 3 is 2.88 bits per heavy atom. The Morgan fingerprint density at radius 2 is 2.19 bits per heavy atom. The zero-order valence-electron chi connectivity index (χ0n) is 15.0. The van der Waals surface area contributed by atoms with Gasteiger partial charge in [-0.25, -0.2) is 14.8 Å². The number of urea groups is 1. The molecule has 0 unspecified atom stereocenters. The number of rotatable bonds is 5. The summed E-state index contributed by atoms with van der Waals surface area (Å²) in [5, 5.41) is 6.33. The molecule has 0 bridgehead atoms. The van der Waals surface area contributed by atoms with Crippen LogP contribution in [0, 0.1) is 6.92 Å². The molecule has 3 N–H and O–H groups in total. The molecule has 10 heteroatoms. The van der Waals surface area contributed by atoms with Gasteiger partial charge in [-0.2, -0.15) is 0 Å². The molecule has 0 aromatic carbocycles. The van der Waals surface area contributed by atoms with Crippen LogP contribution in [0.2, 0.25) is 0 Å². The molecule has 8 nitrogen and oxygen atoms in total. The van der Waals surface area contributed by atoms with E-state index in [1.807, 2.05) is 26.4 Å². The predicted octanol–water partition coefficient (Wildman–Crippen LogP) is 2.12. The highest BCUT2D eigenvalue weighted by molar-refractivity contribution is 7.19. The molecule has 2 aromatic rings. The van der Waals surface area contributed by atoms with Gasteiger partial charge in [-0.1, -0.05) is 11.3 Å². The van der Waals surface area contributed by atoms with Gasteiger partial charge in [-0.3, -0.25) is 10.1 Å². The second-order valence-corrected chi connectivity index (χ2v) is 8.42. The topological polar surface area (TPSA) is 104 Å². The van der Waals surface area contributed by atoms with Gasteiger partial charge in [0.1, 0.15) is 11.0 Å². The fourth-order valence-electron chi connectivity index (χ4n) is 2.91. The number of nitrogens with two attached hydrogens (primary N) is 1. The van der Waals surface area contributed by atoms with Crippen molar-refractivity contribution in [3.05, 3.63) is 16.1 Å². The van der Waals surface area contributed by atoms with E-state index in [9.17, 15) is 9.59 Å². The van der Waals surface area contributed by atoms with Crippen molar-refractivity contribution in [2.75, 3.05) is 26.0 Å². The van der Waals surface area contributed by atoms with E-state index in [2.05, 4.69) is 20.2 Å². The van der Waals surface area contributed by atoms with Crippen LogP contribution < -0.4 is 11.1 Å². The molecule has 140 valence electrons. The van der Waals surface area contributed by atoms with Crippen LogP contribution in [0.3, 0.4) is 0 Å². The third kappa shape index (κ3) is 4.02. The maximum absolute atomic E-state index is 12.5. The van der Waals surface area contributed by atoms with Crippen LogP contribution in [0.15, 0.2) is 5.38 Å². The first-order valence-electron chi connectivity index (χ1n) is 8.29. The van der Waals surface area contributed by atoms with Crippen LogP contribution in [0.5, 0.6) is 0 Å². The van der Waals surface area contributed by atoms with Crippen molar-refractivity contribution < 1.29 is 9.59 Å². The van der Waals surface area contributed by atoms with Crippen molar-refractivity contribution in [2.45, 2.75) is 32.4 Å². The van der Waals surface area contributed by atoms with Crippen LogP contribution in [0.1, 0.15) is 23.5 Å². The third-order valence-electron chi connectivity index (χ3n) is 4.09. The minimum Gasteiger partial charge on any atom is -0.368 e. The second-order valence-electron chi connectivity index (χ2n) is 6.48. The smallest absolute Gasteiger partial charge is 0.324 e. The van der Waals surface area contributed by atoms with E-state index in [0.717, 1.165) is 34.2 Å². The number of nitrogens with zero attached hydrogens (tertiary/aromatic N) is 4. The van der Waals surface area contributed by atoms with E-state index >= 15 is 0 Å². The van der Waals surface area contributed by atoms with Crippen LogP contribution in [0.25, 0.3) is 10.6 Å². The van der Waals surface area contributed by atoms with Gasteiger partial charge in [-0.05, 0) is 33.9 Å². The summed E-state index contributed by atoms with van der Waals surface area (Å²) in [4.78, 5) is 37.5. The third-order valence-corrected chi connectivity index (χ3v) is 6.02. The van der Waals surface area contributed by atoms with Gasteiger partial charge in [0.05, 0.1) is 16.3 Å². The first-order valence-corrected chi connectivity index (χ1v) is 9.98. The lowest BCUT2D eigenvalue weighted by molar-refractivity contribution is -0.121. The monoisotopic (exact) mass is 394 g/mol. The fourth-order valence-corrected chi connectivity index (χ4v) is 4.81. The first kappa shape index (κ1) is 18.7. The van der Waals surface area contributed by atoms with E-state index in [0.29, 0.717) is 18.1 Å². The predicted molar refractivity (Wildman–Crippen MR) is 103 cm³/mol. The van der Waals surface area contributed by atoms with Gasteiger partial charge in [0, 0.05) is 18.5 Å². The average molecular weight is 395 g/mol. The summed E-state index contributed by atoms with van der Waals surface area (Å²) >= 11 is 2.99. The molecule has 1 aliphatic rings. The molecule has 1 aliphatic heterocycles. The van der Waals surface area contributed by atoms with Gasteiger partial charge < -0.3 is 15.5 Å². The van der Waals surface area contributed by atoms with Gasteiger partial charge >= 0.3 is 6.03 Å². The lowest BCUT2D eigenvalue weighted by atomic mass is 10.2. The maximum Gasteiger partial charge on any atom is 0.324 e. The van der Waals surface area contributed by atoms with E-state index in [-0.39, 0.29) is 6.03 Å². The Bertz CT molecular complexity index is 816. The summed E-state index contributed by atoms with van der Waals surface area (Å²) in [5.74, 6) is -0.468. The molecular formula is C16H22N6O2S2. The Kier molecular flexibility index (Phi) is 5.54. The number of hydrogen-bond donors (Lipinski definition) is 2. The quantitative estimate of drug-likeness (QED) is 0.808. The Hall–Kier alpha value is -2.04. The molecule has 0 spiro atoms. The number of primary amides is 1. The van der Waals surface area contributed by atoms with Gasteiger partial charge in [0.15, 0.2) is 5.13 Å². The lowest BCUT2D eigenvalue weighted by Crippen LogP contribution is -2.45. The van der Waals surface area contributed by atoms with Crippen LogP contribution in [-0.2, 0) is 11.3 Å². The minimum absolute atomic E-state index is 0.335. The van der Waals surface area contributed by atoms with Crippen molar-refractivity contribution in [1.29, 1.82) is 0 Å². The summed E-state index contributed by atoms with van der Waals surface area (Å²) in [6, 6.07) is -0.874. The number of aromatic nitrogens is 2. The molecule has 3 heterocycles.